The molecule has 1 unspecified atom stereocenters. The molecule has 0 saturated carbocycles. The normalized spacial score (nSPS) is 32.2. The van der Waals surface area contributed by atoms with Crippen LogP contribution in [-0.4, -0.2) is 17.4 Å². The molecule has 9 heavy (non-hydrogen) atoms. The Morgan fingerprint density at radius 1 is 1.56 bits per heavy atom. The zero-order valence-electron chi connectivity index (χ0n) is 5.04. The first-order chi connectivity index (χ1) is 4.27. The summed E-state index contributed by atoms with van der Waals surface area (Å²) in [4.78, 5) is 0. The van der Waals surface area contributed by atoms with Crippen LogP contribution in [0.25, 0.3) is 0 Å². The monoisotopic (exact) mass is 126 g/mol. The van der Waals surface area contributed by atoms with Crippen LogP contribution in [0.1, 0.15) is 0 Å². The van der Waals surface area contributed by atoms with Crippen molar-refractivity contribution < 1.29 is 5.11 Å². The van der Waals surface area contributed by atoms with Crippen molar-refractivity contribution in [2.75, 3.05) is 6.61 Å². The molecule has 0 amide bonds. The summed E-state index contributed by atoms with van der Waals surface area (Å²) < 4.78 is 0. The summed E-state index contributed by atoms with van der Waals surface area (Å²) in [5.74, 6) is 0. The maximum absolute atomic E-state index is 8.68. The van der Waals surface area contributed by atoms with E-state index in [0.717, 1.165) is 0 Å². The number of nitrogens with two attached hydrogens (primary N) is 1. The fraction of sp³-hybridized carbons (Fsp3) is 0.333. The number of aliphatic hydroxyl groups excluding tert-OH is 1. The number of aliphatic hydroxyl groups is 1. The van der Waals surface area contributed by atoms with Crippen molar-refractivity contribution in [2.45, 2.75) is 5.66 Å². The van der Waals surface area contributed by atoms with Crippen LogP contribution in [0.2, 0.25) is 0 Å². The number of hydrogen-bond donors (Lipinski definition) is 3. The van der Waals surface area contributed by atoms with Gasteiger partial charge in [0.1, 0.15) is 5.66 Å². The minimum atomic E-state index is -0.741. The summed E-state index contributed by atoms with van der Waals surface area (Å²) in [7, 11) is 0. The van der Waals surface area contributed by atoms with Gasteiger partial charge < -0.3 is 16.2 Å². The Labute approximate surface area is 53.9 Å². The first-order valence-electron chi connectivity index (χ1n) is 2.79. The molecule has 1 rings (SSSR count). The van der Waals surface area contributed by atoms with E-state index in [9.17, 15) is 0 Å². The summed E-state index contributed by atoms with van der Waals surface area (Å²) in [6.45, 7) is -0.0894. The molecule has 0 radical (unpaired) electrons. The Bertz CT molecular complexity index is 153. The van der Waals surface area contributed by atoms with Gasteiger partial charge in [0.05, 0.1) is 6.61 Å². The van der Waals surface area contributed by atoms with Crippen molar-refractivity contribution >= 4 is 0 Å². The number of hydrogen-bond acceptors (Lipinski definition) is 3. The van der Waals surface area contributed by atoms with E-state index in [1.54, 1.807) is 18.4 Å². The quantitative estimate of drug-likeness (QED) is 0.435. The average molecular weight is 126 g/mol. The average Bonchev–Trinajstić information content (AvgIpc) is 1.90. The first-order valence-corrected chi connectivity index (χ1v) is 2.79. The molecular weight excluding hydrogens is 116 g/mol. The summed E-state index contributed by atoms with van der Waals surface area (Å²) in [6.07, 6.45) is 7.04. The molecule has 50 valence electrons. The largest absolute Gasteiger partial charge is 0.392 e. The lowest BCUT2D eigenvalue weighted by molar-refractivity contribution is 0.212. The van der Waals surface area contributed by atoms with Gasteiger partial charge in [-0.05, 0) is 18.4 Å². The van der Waals surface area contributed by atoms with Crippen LogP contribution in [0, 0.1) is 0 Å². The van der Waals surface area contributed by atoms with Crippen LogP contribution in [-0.2, 0) is 0 Å². The fourth-order valence-electron chi connectivity index (χ4n) is 0.633. The Hall–Kier alpha value is -0.800. The minimum Gasteiger partial charge on any atom is -0.392 e. The zero-order valence-corrected chi connectivity index (χ0v) is 5.04. The fourth-order valence-corrected chi connectivity index (χ4v) is 0.633. The van der Waals surface area contributed by atoms with E-state index in [2.05, 4.69) is 5.32 Å². The summed E-state index contributed by atoms with van der Waals surface area (Å²) in [5.41, 5.74) is 4.82. The number of rotatable bonds is 1. The Morgan fingerprint density at radius 2 is 2.33 bits per heavy atom. The molecule has 0 aromatic rings. The van der Waals surface area contributed by atoms with Gasteiger partial charge >= 0.3 is 0 Å². The van der Waals surface area contributed by atoms with Crippen LogP contribution in [0.3, 0.4) is 0 Å². The Kier molecular flexibility index (Phi) is 1.55. The Balaban J connectivity index is 2.63. The molecule has 0 fully saturated rings. The molecule has 0 aliphatic carbocycles. The summed E-state index contributed by atoms with van der Waals surface area (Å²) >= 11 is 0. The molecule has 0 spiro atoms. The van der Waals surface area contributed by atoms with Gasteiger partial charge in [-0.2, -0.15) is 0 Å². The van der Waals surface area contributed by atoms with Crippen LogP contribution < -0.4 is 11.1 Å². The lowest BCUT2D eigenvalue weighted by atomic mass is 10.1. The molecule has 1 aliphatic rings. The van der Waals surface area contributed by atoms with E-state index in [4.69, 9.17) is 10.8 Å². The molecular formula is C6H10N2O. The van der Waals surface area contributed by atoms with E-state index in [1.165, 1.54) is 0 Å². The number of dihydropyridines is 1. The summed E-state index contributed by atoms with van der Waals surface area (Å²) in [5, 5.41) is 11.5. The van der Waals surface area contributed by atoms with Gasteiger partial charge in [-0.1, -0.05) is 6.08 Å². The molecule has 3 nitrogen and oxygen atoms in total. The molecule has 0 aromatic heterocycles. The third kappa shape index (κ3) is 1.31. The summed E-state index contributed by atoms with van der Waals surface area (Å²) in [6, 6.07) is 0. The molecule has 4 N–H and O–H groups in total. The highest BCUT2D eigenvalue weighted by Crippen LogP contribution is 2.00. The number of nitrogens with one attached hydrogen (secondary N) is 1. The van der Waals surface area contributed by atoms with Crippen LogP contribution in [0.4, 0.5) is 0 Å². The van der Waals surface area contributed by atoms with E-state index < -0.39 is 5.66 Å². The van der Waals surface area contributed by atoms with Gasteiger partial charge in [0.2, 0.25) is 0 Å². The van der Waals surface area contributed by atoms with Crippen molar-refractivity contribution in [2.24, 2.45) is 5.73 Å². The van der Waals surface area contributed by atoms with Gasteiger partial charge in [-0.15, -0.1) is 0 Å². The predicted molar refractivity (Wildman–Crippen MR) is 35.4 cm³/mol. The lowest BCUT2D eigenvalue weighted by Gasteiger charge is -2.25. The maximum atomic E-state index is 8.68. The van der Waals surface area contributed by atoms with E-state index in [1.807, 2.05) is 6.08 Å². The van der Waals surface area contributed by atoms with E-state index in [-0.39, 0.29) is 6.61 Å². The highest BCUT2D eigenvalue weighted by atomic mass is 16.3. The van der Waals surface area contributed by atoms with Crippen molar-refractivity contribution in [3.05, 3.63) is 24.4 Å². The van der Waals surface area contributed by atoms with Crippen LogP contribution in [0.15, 0.2) is 24.4 Å². The van der Waals surface area contributed by atoms with Crippen molar-refractivity contribution in [1.29, 1.82) is 0 Å². The van der Waals surface area contributed by atoms with Crippen LogP contribution >= 0.6 is 0 Å². The molecule has 1 atom stereocenters. The molecule has 0 aromatic carbocycles. The van der Waals surface area contributed by atoms with Crippen molar-refractivity contribution in [3.63, 3.8) is 0 Å². The van der Waals surface area contributed by atoms with Gasteiger partial charge in [-0.3, -0.25) is 0 Å². The zero-order chi connectivity index (χ0) is 6.74. The van der Waals surface area contributed by atoms with Crippen molar-refractivity contribution in [3.8, 4) is 0 Å². The lowest BCUT2D eigenvalue weighted by Crippen LogP contribution is -2.53. The molecule has 1 heterocycles. The standard InChI is InChI=1S/C6H10N2O/c7-6(5-9)3-1-2-4-8-6/h1-4,8-9H,5,7H2. The molecule has 0 bridgehead atoms. The van der Waals surface area contributed by atoms with Crippen molar-refractivity contribution in [1.82, 2.24) is 5.32 Å². The Morgan fingerprint density at radius 3 is 2.67 bits per heavy atom. The predicted octanol–water partition coefficient (Wildman–Crippen LogP) is -0.693. The highest BCUT2D eigenvalue weighted by Gasteiger charge is 2.18. The smallest absolute Gasteiger partial charge is 0.129 e. The van der Waals surface area contributed by atoms with Gasteiger partial charge in [-0.25, -0.2) is 0 Å². The van der Waals surface area contributed by atoms with E-state index >= 15 is 0 Å². The minimum absolute atomic E-state index is 0.0894. The molecule has 3 heteroatoms. The van der Waals surface area contributed by atoms with Gasteiger partial charge in [0, 0.05) is 0 Å². The first kappa shape index (κ1) is 6.32. The number of allylic oxidation sites excluding steroid dienone is 2. The third-order valence-corrected chi connectivity index (χ3v) is 1.21. The van der Waals surface area contributed by atoms with Crippen LogP contribution in [0.5, 0.6) is 0 Å². The topological polar surface area (TPSA) is 58.3 Å². The molecule has 1 aliphatic heterocycles. The second-order valence-corrected chi connectivity index (χ2v) is 2.06. The van der Waals surface area contributed by atoms with E-state index in [0.29, 0.717) is 0 Å². The molecule has 0 saturated heterocycles. The van der Waals surface area contributed by atoms with Gasteiger partial charge in [0.15, 0.2) is 0 Å². The SMILES string of the molecule is NC1(CO)C=CC=CN1. The van der Waals surface area contributed by atoms with Gasteiger partial charge in [0.25, 0.3) is 0 Å². The highest BCUT2D eigenvalue weighted by molar-refractivity contribution is 5.17. The third-order valence-electron chi connectivity index (χ3n) is 1.21. The second-order valence-electron chi connectivity index (χ2n) is 2.06. The second kappa shape index (κ2) is 2.21. The maximum Gasteiger partial charge on any atom is 0.129 e.